The summed E-state index contributed by atoms with van der Waals surface area (Å²) in [4.78, 5) is 22.8. The van der Waals surface area contributed by atoms with Gasteiger partial charge in [0.1, 0.15) is 6.61 Å². The molecule has 0 saturated heterocycles. The fourth-order valence-corrected chi connectivity index (χ4v) is 1.97. The van der Waals surface area contributed by atoms with Gasteiger partial charge in [-0.2, -0.15) is 0 Å². The number of rotatable bonds is 5. The zero-order valence-corrected chi connectivity index (χ0v) is 11.3. The van der Waals surface area contributed by atoms with E-state index >= 15 is 0 Å². The standard InChI is InChI=1S/C14H18N2O4/c1-9(14(18)19)5-6-16-13(17)10-3-2-4-11-12(10)20-8-7-15-11/h2-4,9,15H,5-8H2,1H3,(H,16,17)(H,18,19). The van der Waals surface area contributed by atoms with Crippen molar-refractivity contribution in [1.82, 2.24) is 5.32 Å². The van der Waals surface area contributed by atoms with E-state index in [-0.39, 0.29) is 5.91 Å². The number of nitrogens with one attached hydrogen (secondary N) is 2. The van der Waals surface area contributed by atoms with Crippen LogP contribution in [0.4, 0.5) is 5.69 Å². The van der Waals surface area contributed by atoms with Crippen LogP contribution in [0.25, 0.3) is 0 Å². The lowest BCUT2D eigenvalue weighted by Gasteiger charge is -2.21. The van der Waals surface area contributed by atoms with Gasteiger partial charge in [-0.3, -0.25) is 9.59 Å². The molecule has 0 saturated carbocycles. The number of carbonyl (C=O) groups excluding carboxylic acids is 1. The van der Waals surface area contributed by atoms with Crippen LogP contribution < -0.4 is 15.4 Å². The van der Waals surface area contributed by atoms with Crippen molar-refractivity contribution in [3.63, 3.8) is 0 Å². The topological polar surface area (TPSA) is 87.7 Å². The normalized spacial score (nSPS) is 14.4. The molecule has 3 N–H and O–H groups in total. The largest absolute Gasteiger partial charge is 0.489 e. The van der Waals surface area contributed by atoms with E-state index < -0.39 is 11.9 Å². The van der Waals surface area contributed by atoms with Gasteiger partial charge in [0.25, 0.3) is 5.91 Å². The molecule has 0 bridgehead atoms. The molecule has 0 aromatic heterocycles. The summed E-state index contributed by atoms with van der Waals surface area (Å²) in [5, 5.41) is 14.7. The van der Waals surface area contributed by atoms with Gasteiger partial charge in [-0.1, -0.05) is 13.0 Å². The number of ether oxygens (including phenoxy) is 1. The summed E-state index contributed by atoms with van der Waals surface area (Å²) >= 11 is 0. The monoisotopic (exact) mass is 278 g/mol. The van der Waals surface area contributed by atoms with Crippen molar-refractivity contribution in [2.45, 2.75) is 13.3 Å². The molecule has 1 aliphatic rings. The van der Waals surface area contributed by atoms with Gasteiger partial charge >= 0.3 is 5.97 Å². The summed E-state index contributed by atoms with van der Waals surface area (Å²) in [6, 6.07) is 5.34. The number of benzene rings is 1. The highest BCUT2D eigenvalue weighted by atomic mass is 16.5. The Kier molecular flexibility index (Phi) is 4.45. The fourth-order valence-electron chi connectivity index (χ4n) is 1.97. The third-order valence-electron chi connectivity index (χ3n) is 3.21. The third-order valence-corrected chi connectivity index (χ3v) is 3.21. The number of aliphatic carboxylic acids is 1. The van der Waals surface area contributed by atoms with Crippen molar-refractivity contribution in [2.75, 3.05) is 25.0 Å². The van der Waals surface area contributed by atoms with Gasteiger partial charge in [-0.15, -0.1) is 0 Å². The van der Waals surface area contributed by atoms with Gasteiger partial charge < -0.3 is 20.5 Å². The van der Waals surface area contributed by atoms with Crippen molar-refractivity contribution >= 4 is 17.6 Å². The van der Waals surface area contributed by atoms with E-state index in [4.69, 9.17) is 9.84 Å². The first kappa shape index (κ1) is 14.2. The summed E-state index contributed by atoms with van der Waals surface area (Å²) in [5.74, 6) is -1.02. The number of carboxylic acids is 1. The van der Waals surface area contributed by atoms with E-state index in [0.29, 0.717) is 37.4 Å². The highest BCUT2D eigenvalue weighted by Crippen LogP contribution is 2.30. The molecule has 6 nitrogen and oxygen atoms in total. The van der Waals surface area contributed by atoms with Crippen LogP contribution in [0.3, 0.4) is 0 Å². The number of para-hydroxylation sites is 1. The first-order valence-corrected chi connectivity index (χ1v) is 6.60. The molecule has 1 aromatic carbocycles. The number of hydrogen-bond acceptors (Lipinski definition) is 4. The van der Waals surface area contributed by atoms with Gasteiger partial charge in [0.15, 0.2) is 5.75 Å². The number of carboxylic acid groups (broad SMARTS) is 1. The second-order valence-corrected chi connectivity index (χ2v) is 4.74. The molecule has 0 spiro atoms. The Balaban J connectivity index is 1.98. The Labute approximate surface area is 117 Å². The van der Waals surface area contributed by atoms with Crippen molar-refractivity contribution in [2.24, 2.45) is 5.92 Å². The Hall–Kier alpha value is -2.24. The van der Waals surface area contributed by atoms with Gasteiger partial charge in [-0.25, -0.2) is 0 Å². The van der Waals surface area contributed by atoms with Crippen molar-refractivity contribution in [1.29, 1.82) is 0 Å². The quantitative estimate of drug-likeness (QED) is 0.756. The molecule has 1 unspecified atom stereocenters. The van der Waals surface area contributed by atoms with Crippen molar-refractivity contribution < 1.29 is 19.4 Å². The van der Waals surface area contributed by atoms with Crippen LogP contribution in [0.1, 0.15) is 23.7 Å². The minimum absolute atomic E-state index is 0.247. The summed E-state index contributed by atoms with van der Waals surface area (Å²) in [6.07, 6.45) is 0.398. The second kappa shape index (κ2) is 6.27. The van der Waals surface area contributed by atoms with Crippen LogP contribution in [0, 0.1) is 5.92 Å². The molecule has 1 aliphatic heterocycles. The van der Waals surface area contributed by atoms with Crippen molar-refractivity contribution in [3.8, 4) is 5.75 Å². The number of amides is 1. The van der Waals surface area contributed by atoms with Gasteiger partial charge in [0, 0.05) is 13.1 Å². The number of fused-ring (bicyclic) bond motifs is 1. The molecular formula is C14H18N2O4. The fraction of sp³-hybridized carbons (Fsp3) is 0.429. The smallest absolute Gasteiger partial charge is 0.306 e. The summed E-state index contributed by atoms with van der Waals surface area (Å²) < 4.78 is 5.52. The summed E-state index contributed by atoms with van der Waals surface area (Å²) in [6.45, 7) is 3.18. The Morgan fingerprint density at radius 3 is 3.05 bits per heavy atom. The molecule has 2 rings (SSSR count). The van der Waals surface area contributed by atoms with Crippen LogP contribution in [-0.2, 0) is 4.79 Å². The predicted octanol–water partition coefficient (Wildman–Crippen LogP) is 1.33. The third kappa shape index (κ3) is 3.20. The number of anilines is 1. The lowest BCUT2D eigenvalue weighted by molar-refractivity contribution is -0.141. The maximum absolute atomic E-state index is 12.1. The molecule has 0 fully saturated rings. The average molecular weight is 278 g/mol. The molecule has 1 atom stereocenters. The van der Waals surface area contributed by atoms with E-state index in [0.717, 1.165) is 5.69 Å². The zero-order chi connectivity index (χ0) is 14.5. The molecule has 1 amide bonds. The van der Waals surface area contributed by atoms with Crippen LogP contribution in [0.2, 0.25) is 0 Å². The molecule has 20 heavy (non-hydrogen) atoms. The van der Waals surface area contributed by atoms with E-state index in [1.54, 1.807) is 19.1 Å². The van der Waals surface area contributed by atoms with E-state index in [1.807, 2.05) is 6.07 Å². The van der Waals surface area contributed by atoms with Gasteiger partial charge in [-0.05, 0) is 18.6 Å². The SMILES string of the molecule is CC(CCNC(=O)c1cccc2c1OCCN2)C(=O)O. The minimum Gasteiger partial charge on any atom is -0.489 e. The first-order valence-electron chi connectivity index (χ1n) is 6.60. The number of hydrogen-bond donors (Lipinski definition) is 3. The van der Waals surface area contributed by atoms with Gasteiger partial charge in [0.2, 0.25) is 0 Å². The molecule has 6 heteroatoms. The minimum atomic E-state index is -0.858. The van der Waals surface area contributed by atoms with E-state index in [2.05, 4.69) is 10.6 Å². The Morgan fingerprint density at radius 1 is 1.50 bits per heavy atom. The summed E-state index contributed by atoms with van der Waals surface area (Å²) in [5.41, 5.74) is 1.28. The van der Waals surface area contributed by atoms with Gasteiger partial charge in [0.05, 0.1) is 17.2 Å². The van der Waals surface area contributed by atoms with Crippen LogP contribution in [0.5, 0.6) is 5.75 Å². The first-order chi connectivity index (χ1) is 9.59. The van der Waals surface area contributed by atoms with Crippen molar-refractivity contribution in [3.05, 3.63) is 23.8 Å². The lowest BCUT2D eigenvalue weighted by atomic mass is 10.1. The van der Waals surface area contributed by atoms with E-state index in [9.17, 15) is 9.59 Å². The predicted molar refractivity (Wildman–Crippen MR) is 74.2 cm³/mol. The Bertz CT molecular complexity index is 516. The molecular weight excluding hydrogens is 260 g/mol. The Morgan fingerprint density at radius 2 is 2.30 bits per heavy atom. The highest BCUT2D eigenvalue weighted by molar-refractivity contribution is 5.99. The molecule has 1 heterocycles. The van der Waals surface area contributed by atoms with E-state index in [1.165, 1.54) is 0 Å². The lowest BCUT2D eigenvalue weighted by Crippen LogP contribution is -2.28. The highest BCUT2D eigenvalue weighted by Gasteiger charge is 2.19. The van der Waals surface area contributed by atoms with Crippen LogP contribution in [0.15, 0.2) is 18.2 Å². The summed E-state index contributed by atoms with van der Waals surface area (Å²) in [7, 11) is 0. The maximum Gasteiger partial charge on any atom is 0.306 e. The average Bonchev–Trinajstić information content (AvgIpc) is 2.46. The van der Waals surface area contributed by atoms with Crippen LogP contribution >= 0.6 is 0 Å². The maximum atomic E-state index is 12.1. The molecule has 0 radical (unpaired) electrons. The second-order valence-electron chi connectivity index (χ2n) is 4.74. The molecule has 1 aromatic rings. The molecule has 108 valence electrons. The number of carbonyl (C=O) groups is 2. The molecule has 0 aliphatic carbocycles. The zero-order valence-electron chi connectivity index (χ0n) is 11.3. The van der Waals surface area contributed by atoms with Crippen LogP contribution in [-0.4, -0.2) is 36.7 Å².